The highest BCUT2D eigenvalue weighted by atomic mass is 16.5. The van der Waals surface area contributed by atoms with Gasteiger partial charge in [-0.05, 0) is 25.2 Å². The predicted octanol–water partition coefficient (Wildman–Crippen LogP) is 0.918. The smallest absolute Gasteiger partial charge is 0.326 e. The molecule has 2 N–H and O–H groups in total. The third kappa shape index (κ3) is 4.18. The van der Waals surface area contributed by atoms with Crippen LogP contribution in [0.5, 0.6) is 0 Å². The van der Waals surface area contributed by atoms with Crippen molar-refractivity contribution in [2.24, 2.45) is 5.92 Å². The number of rotatable bonds is 5. The molecule has 104 valence electrons. The van der Waals surface area contributed by atoms with Crippen LogP contribution >= 0.6 is 0 Å². The van der Waals surface area contributed by atoms with Gasteiger partial charge in [-0.15, -0.1) is 0 Å². The van der Waals surface area contributed by atoms with E-state index in [1.54, 1.807) is 7.11 Å². The molecule has 0 radical (unpaired) electrons. The zero-order valence-corrected chi connectivity index (χ0v) is 11.0. The first kappa shape index (κ1) is 14.8. The first-order valence-electron chi connectivity index (χ1n) is 6.32. The van der Waals surface area contributed by atoms with E-state index in [4.69, 9.17) is 9.84 Å². The number of carboxylic acid groups (broad SMARTS) is 1. The number of nitrogens with one attached hydrogen (secondary N) is 1. The Bertz CT molecular complexity index is 296. The van der Waals surface area contributed by atoms with Gasteiger partial charge in [0.2, 0.25) is 0 Å². The minimum Gasteiger partial charge on any atom is -0.480 e. The van der Waals surface area contributed by atoms with Crippen LogP contribution in [0.4, 0.5) is 4.79 Å². The zero-order valence-electron chi connectivity index (χ0n) is 11.0. The van der Waals surface area contributed by atoms with Crippen molar-refractivity contribution in [2.75, 3.05) is 26.8 Å². The molecule has 1 aliphatic heterocycles. The van der Waals surface area contributed by atoms with Gasteiger partial charge in [-0.25, -0.2) is 9.59 Å². The fourth-order valence-electron chi connectivity index (χ4n) is 2.13. The van der Waals surface area contributed by atoms with Crippen LogP contribution in [0, 0.1) is 5.92 Å². The SMILES string of the molecule is COCCCNC(=O)N1CCC(C)CC1C(=O)O. The Labute approximate surface area is 107 Å². The molecule has 6 heteroatoms. The highest BCUT2D eigenvalue weighted by Crippen LogP contribution is 2.22. The largest absolute Gasteiger partial charge is 0.480 e. The number of piperidine rings is 1. The lowest BCUT2D eigenvalue weighted by Gasteiger charge is -2.35. The van der Waals surface area contributed by atoms with Crippen LogP contribution in [0.25, 0.3) is 0 Å². The van der Waals surface area contributed by atoms with E-state index >= 15 is 0 Å². The van der Waals surface area contributed by atoms with Crippen molar-refractivity contribution in [3.63, 3.8) is 0 Å². The van der Waals surface area contributed by atoms with Crippen molar-refractivity contribution in [2.45, 2.75) is 32.2 Å². The Hall–Kier alpha value is -1.30. The van der Waals surface area contributed by atoms with Crippen molar-refractivity contribution in [1.29, 1.82) is 0 Å². The average molecular weight is 258 g/mol. The molecular weight excluding hydrogens is 236 g/mol. The molecule has 0 aliphatic carbocycles. The van der Waals surface area contributed by atoms with Crippen molar-refractivity contribution >= 4 is 12.0 Å². The van der Waals surface area contributed by atoms with Crippen LogP contribution < -0.4 is 5.32 Å². The third-order valence-corrected chi connectivity index (χ3v) is 3.21. The summed E-state index contributed by atoms with van der Waals surface area (Å²) in [6.07, 6.45) is 2.11. The molecule has 18 heavy (non-hydrogen) atoms. The Kier molecular flexibility index (Phi) is 5.91. The number of methoxy groups -OCH3 is 1. The van der Waals surface area contributed by atoms with Gasteiger partial charge in [0.25, 0.3) is 0 Å². The number of nitrogens with zero attached hydrogens (tertiary/aromatic N) is 1. The molecule has 0 aromatic heterocycles. The summed E-state index contributed by atoms with van der Waals surface area (Å²) in [6.45, 7) is 3.61. The van der Waals surface area contributed by atoms with Gasteiger partial charge < -0.3 is 20.1 Å². The molecule has 6 nitrogen and oxygen atoms in total. The topological polar surface area (TPSA) is 78.9 Å². The van der Waals surface area contributed by atoms with Gasteiger partial charge >= 0.3 is 12.0 Å². The maximum atomic E-state index is 11.9. The number of hydrogen-bond donors (Lipinski definition) is 2. The number of carbonyl (C=O) groups is 2. The second-order valence-corrected chi connectivity index (χ2v) is 4.76. The van der Waals surface area contributed by atoms with Gasteiger partial charge in [0.05, 0.1) is 0 Å². The fraction of sp³-hybridized carbons (Fsp3) is 0.833. The monoisotopic (exact) mass is 258 g/mol. The summed E-state index contributed by atoms with van der Waals surface area (Å²) in [5.74, 6) is -0.572. The molecule has 2 amide bonds. The number of amides is 2. The predicted molar refractivity (Wildman–Crippen MR) is 66.4 cm³/mol. The molecule has 1 rings (SSSR count). The molecule has 1 aliphatic rings. The number of aliphatic carboxylic acids is 1. The van der Waals surface area contributed by atoms with Crippen LogP contribution in [0.3, 0.4) is 0 Å². The number of ether oxygens (including phenoxy) is 1. The zero-order chi connectivity index (χ0) is 13.5. The molecule has 1 saturated heterocycles. The van der Waals surface area contributed by atoms with Crippen molar-refractivity contribution in [3.8, 4) is 0 Å². The van der Waals surface area contributed by atoms with Crippen LogP contribution in [0.2, 0.25) is 0 Å². The Balaban J connectivity index is 2.46. The van der Waals surface area contributed by atoms with E-state index in [-0.39, 0.29) is 6.03 Å². The van der Waals surface area contributed by atoms with Gasteiger partial charge in [0, 0.05) is 26.8 Å². The lowest BCUT2D eigenvalue weighted by atomic mass is 9.93. The molecule has 2 unspecified atom stereocenters. The van der Waals surface area contributed by atoms with E-state index < -0.39 is 12.0 Å². The van der Waals surface area contributed by atoms with Crippen molar-refractivity contribution in [1.82, 2.24) is 10.2 Å². The summed E-state index contributed by atoms with van der Waals surface area (Å²) in [5.41, 5.74) is 0. The lowest BCUT2D eigenvalue weighted by Crippen LogP contribution is -2.53. The first-order chi connectivity index (χ1) is 8.56. The Morgan fingerprint density at radius 3 is 2.83 bits per heavy atom. The standard InChI is InChI=1S/C12H22N2O4/c1-9-4-6-14(10(8-9)11(15)16)12(17)13-5-3-7-18-2/h9-10H,3-8H2,1-2H3,(H,13,17)(H,15,16). The normalized spacial score (nSPS) is 23.8. The van der Waals surface area contributed by atoms with Gasteiger partial charge in [0.1, 0.15) is 6.04 Å². The molecule has 0 saturated carbocycles. The quantitative estimate of drug-likeness (QED) is 0.719. The molecule has 0 bridgehead atoms. The van der Waals surface area contributed by atoms with E-state index in [0.717, 1.165) is 12.8 Å². The van der Waals surface area contributed by atoms with E-state index in [1.807, 2.05) is 6.92 Å². The number of carboxylic acids is 1. The van der Waals surface area contributed by atoms with Crippen LogP contribution in [0.1, 0.15) is 26.2 Å². The van der Waals surface area contributed by atoms with E-state index in [0.29, 0.717) is 32.0 Å². The summed E-state index contributed by atoms with van der Waals surface area (Å²) in [5, 5.41) is 11.9. The molecular formula is C12H22N2O4. The highest BCUT2D eigenvalue weighted by molar-refractivity contribution is 5.82. The fourth-order valence-corrected chi connectivity index (χ4v) is 2.13. The number of hydrogen-bond acceptors (Lipinski definition) is 3. The summed E-state index contributed by atoms with van der Waals surface area (Å²) in [4.78, 5) is 24.5. The summed E-state index contributed by atoms with van der Waals surface area (Å²) in [6, 6.07) is -0.985. The van der Waals surface area contributed by atoms with Gasteiger partial charge in [-0.1, -0.05) is 6.92 Å². The lowest BCUT2D eigenvalue weighted by molar-refractivity contribution is -0.143. The first-order valence-corrected chi connectivity index (χ1v) is 6.32. The maximum Gasteiger partial charge on any atom is 0.326 e. The maximum absolute atomic E-state index is 11.9. The molecule has 1 heterocycles. The van der Waals surface area contributed by atoms with Crippen LogP contribution in [-0.4, -0.2) is 54.9 Å². The number of likely N-dealkylation sites (tertiary alicyclic amines) is 1. The van der Waals surface area contributed by atoms with Crippen LogP contribution in [0.15, 0.2) is 0 Å². The van der Waals surface area contributed by atoms with Gasteiger partial charge in [0.15, 0.2) is 0 Å². The number of urea groups is 1. The van der Waals surface area contributed by atoms with E-state index in [1.165, 1.54) is 4.90 Å². The third-order valence-electron chi connectivity index (χ3n) is 3.21. The second-order valence-electron chi connectivity index (χ2n) is 4.76. The van der Waals surface area contributed by atoms with Gasteiger partial charge in [-0.3, -0.25) is 0 Å². The molecule has 0 aromatic carbocycles. The van der Waals surface area contributed by atoms with Crippen LogP contribution in [-0.2, 0) is 9.53 Å². The molecule has 1 fully saturated rings. The van der Waals surface area contributed by atoms with E-state index in [2.05, 4.69) is 5.32 Å². The Morgan fingerprint density at radius 2 is 2.22 bits per heavy atom. The minimum atomic E-state index is -0.923. The summed E-state index contributed by atoms with van der Waals surface area (Å²) in [7, 11) is 1.61. The van der Waals surface area contributed by atoms with Gasteiger partial charge in [-0.2, -0.15) is 0 Å². The Morgan fingerprint density at radius 1 is 1.50 bits per heavy atom. The molecule has 2 atom stereocenters. The summed E-state index contributed by atoms with van der Waals surface area (Å²) < 4.78 is 4.88. The molecule has 0 aromatic rings. The van der Waals surface area contributed by atoms with Crippen molar-refractivity contribution in [3.05, 3.63) is 0 Å². The van der Waals surface area contributed by atoms with Crippen molar-refractivity contribution < 1.29 is 19.4 Å². The average Bonchev–Trinajstić information content (AvgIpc) is 2.34. The number of carbonyl (C=O) groups excluding carboxylic acids is 1. The summed E-state index contributed by atoms with van der Waals surface area (Å²) >= 11 is 0. The second kappa shape index (κ2) is 7.20. The molecule has 0 spiro atoms. The van der Waals surface area contributed by atoms with E-state index in [9.17, 15) is 9.59 Å². The minimum absolute atomic E-state index is 0.287. The highest BCUT2D eigenvalue weighted by Gasteiger charge is 2.34.